The van der Waals surface area contributed by atoms with E-state index in [0.29, 0.717) is 33.9 Å². The topological polar surface area (TPSA) is 74.9 Å². The highest BCUT2D eigenvalue weighted by molar-refractivity contribution is 7.98. The molecule has 4 rings (SSSR count). The van der Waals surface area contributed by atoms with Gasteiger partial charge in [0.1, 0.15) is 13.1 Å². The highest BCUT2D eigenvalue weighted by Gasteiger charge is 2.18. The molecule has 1 saturated heterocycles. The van der Waals surface area contributed by atoms with Crippen molar-refractivity contribution in [2.45, 2.75) is 24.4 Å². The molecule has 7 nitrogen and oxygen atoms in total. The second-order valence-corrected chi connectivity index (χ2v) is 8.84. The normalized spacial score (nSPS) is 14.6. The Morgan fingerprint density at radius 3 is 2.75 bits per heavy atom. The van der Waals surface area contributed by atoms with Gasteiger partial charge in [0, 0.05) is 5.75 Å². The molecule has 2 aromatic carbocycles. The van der Waals surface area contributed by atoms with Gasteiger partial charge in [-0.1, -0.05) is 36.0 Å². The first-order chi connectivity index (χ1) is 15.6. The van der Waals surface area contributed by atoms with Crippen molar-refractivity contribution in [3.05, 3.63) is 69.5 Å². The van der Waals surface area contributed by atoms with Crippen molar-refractivity contribution in [2.24, 2.45) is 0 Å². The summed E-state index contributed by atoms with van der Waals surface area (Å²) in [5.74, 6) is 0.272. The minimum atomic E-state index is -0.442. The molecule has 2 heterocycles. The first kappa shape index (κ1) is 22.5. The number of esters is 1. The Morgan fingerprint density at radius 2 is 2.00 bits per heavy atom. The number of thioether (sulfide) groups is 1. The lowest BCUT2D eigenvalue weighted by molar-refractivity contribution is -0.908. The van der Waals surface area contributed by atoms with Gasteiger partial charge < -0.3 is 14.4 Å². The van der Waals surface area contributed by atoms with E-state index in [1.54, 1.807) is 34.5 Å². The highest BCUT2D eigenvalue weighted by atomic mass is 32.2. The molecule has 8 heteroatoms. The van der Waals surface area contributed by atoms with Gasteiger partial charge in [-0.25, -0.2) is 9.78 Å². The summed E-state index contributed by atoms with van der Waals surface area (Å²) < 4.78 is 12.1. The van der Waals surface area contributed by atoms with Crippen molar-refractivity contribution in [3.8, 4) is 0 Å². The third-order valence-electron chi connectivity index (χ3n) is 5.85. The molecule has 168 valence electrons. The lowest BCUT2D eigenvalue weighted by atomic mass is 10.1. The van der Waals surface area contributed by atoms with Gasteiger partial charge in [-0.2, -0.15) is 0 Å². The predicted molar refractivity (Wildman–Crippen MR) is 124 cm³/mol. The van der Waals surface area contributed by atoms with Crippen LogP contribution < -0.4 is 10.5 Å². The van der Waals surface area contributed by atoms with Gasteiger partial charge >= 0.3 is 5.97 Å². The van der Waals surface area contributed by atoms with Crippen LogP contribution >= 0.6 is 11.8 Å². The summed E-state index contributed by atoms with van der Waals surface area (Å²) in [5.41, 5.74) is 3.24. The zero-order chi connectivity index (χ0) is 22.5. The molecule has 1 fully saturated rings. The minimum Gasteiger partial charge on any atom is -0.465 e. The molecule has 0 atom stereocenters. The monoisotopic (exact) mass is 454 g/mol. The largest absolute Gasteiger partial charge is 0.465 e. The molecule has 0 radical (unpaired) electrons. The molecule has 1 aliphatic rings. The number of nitrogens with one attached hydrogen (secondary N) is 1. The number of morpholine rings is 1. The SMILES string of the molecule is COC(=O)c1ccc2c(=O)n(CC[NH+]3CCOCC3)c(SCc3ccccc3C)nc2c1. The smallest absolute Gasteiger partial charge is 0.337 e. The van der Waals surface area contributed by atoms with Gasteiger partial charge in [0.15, 0.2) is 5.16 Å². The number of rotatable bonds is 7. The average Bonchev–Trinajstić information content (AvgIpc) is 2.83. The molecule has 1 N–H and O–H groups in total. The number of ether oxygens (including phenoxy) is 2. The molecule has 0 spiro atoms. The number of carbonyl (C=O) groups excluding carboxylic acids is 1. The summed E-state index contributed by atoms with van der Waals surface area (Å²) in [4.78, 5) is 31.6. The number of carbonyl (C=O) groups is 1. The molecule has 32 heavy (non-hydrogen) atoms. The van der Waals surface area contributed by atoms with Crippen molar-refractivity contribution in [1.29, 1.82) is 0 Å². The van der Waals surface area contributed by atoms with Crippen LogP contribution in [0, 0.1) is 6.92 Å². The summed E-state index contributed by atoms with van der Waals surface area (Å²) >= 11 is 1.55. The van der Waals surface area contributed by atoms with E-state index < -0.39 is 5.97 Å². The second kappa shape index (κ2) is 10.3. The van der Waals surface area contributed by atoms with Crippen LogP contribution in [0.5, 0.6) is 0 Å². The van der Waals surface area contributed by atoms with Crippen molar-refractivity contribution in [2.75, 3.05) is 40.0 Å². The Morgan fingerprint density at radius 1 is 1.22 bits per heavy atom. The van der Waals surface area contributed by atoms with E-state index in [1.807, 2.05) is 12.1 Å². The molecule has 0 saturated carbocycles. The van der Waals surface area contributed by atoms with Crippen molar-refractivity contribution >= 4 is 28.6 Å². The third kappa shape index (κ3) is 5.03. The molecule has 0 unspecified atom stereocenters. The summed E-state index contributed by atoms with van der Waals surface area (Å²) in [5, 5.41) is 1.18. The molecule has 0 aliphatic carbocycles. The number of methoxy groups -OCH3 is 1. The first-order valence-electron chi connectivity index (χ1n) is 10.8. The summed E-state index contributed by atoms with van der Waals surface area (Å²) in [7, 11) is 1.34. The number of nitrogens with zero attached hydrogens (tertiary/aromatic N) is 2. The average molecular weight is 455 g/mol. The van der Waals surface area contributed by atoms with Gasteiger partial charge in [-0.15, -0.1) is 0 Å². The number of benzene rings is 2. The molecular formula is C24H28N3O4S+. The number of fused-ring (bicyclic) bond motifs is 1. The lowest BCUT2D eigenvalue weighted by Gasteiger charge is -2.24. The van der Waals surface area contributed by atoms with Crippen LogP contribution in [-0.4, -0.2) is 55.5 Å². The number of quaternary nitrogens is 1. The standard InChI is InChI=1S/C24H27N3O4S/c1-17-5-3-4-6-19(17)16-32-24-25-21-15-18(23(29)30-2)7-8-20(21)22(28)27(24)10-9-26-11-13-31-14-12-26/h3-8,15H,9-14,16H2,1-2H3/p+1. The van der Waals surface area contributed by atoms with E-state index in [-0.39, 0.29) is 5.56 Å². The van der Waals surface area contributed by atoms with Crippen molar-refractivity contribution in [1.82, 2.24) is 9.55 Å². The fourth-order valence-corrected chi connectivity index (χ4v) is 4.95. The lowest BCUT2D eigenvalue weighted by Crippen LogP contribution is -3.14. The van der Waals surface area contributed by atoms with Crippen LogP contribution in [0.15, 0.2) is 52.4 Å². The zero-order valence-electron chi connectivity index (χ0n) is 18.4. The van der Waals surface area contributed by atoms with E-state index in [9.17, 15) is 9.59 Å². The maximum absolute atomic E-state index is 13.4. The van der Waals surface area contributed by atoms with E-state index >= 15 is 0 Å². The van der Waals surface area contributed by atoms with Gasteiger partial charge in [0.25, 0.3) is 5.56 Å². The highest BCUT2D eigenvalue weighted by Crippen LogP contribution is 2.24. The Hall–Kier alpha value is -2.68. The Labute approximate surface area is 191 Å². The molecule has 1 aliphatic heterocycles. The Kier molecular flexibility index (Phi) is 7.24. The van der Waals surface area contributed by atoms with E-state index in [0.717, 1.165) is 32.8 Å². The first-order valence-corrected chi connectivity index (χ1v) is 11.8. The van der Waals surface area contributed by atoms with Crippen molar-refractivity contribution < 1.29 is 19.2 Å². The number of aromatic nitrogens is 2. The molecule has 0 bridgehead atoms. The maximum atomic E-state index is 13.4. The third-order valence-corrected chi connectivity index (χ3v) is 6.87. The number of aryl methyl sites for hydroxylation is 1. The Bertz CT molecular complexity index is 1170. The van der Waals surface area contributed by atoms with Crippen LogP contribution in [0.1, 0.15) is 21.5 Å². The fraction of sp³-hybridized carbons (Fsp3) is 0.375. The summed E-state index contributed by atoms with van der Waals surface area (Å²) in [6, 6.07) is 13.2. The van der Waals surface area contributed by atoms with E-state index in [2.05, 4.69) is 19.1 Å². The van der Waals surface area contributed by atoms with Gasteiger partial charge in [-0.05, 0) is 36.2 Å². The summed E-state index contributed by atoms with van der Waals surface area (Å²) in [6.45, 7) is 6.92. The van der Waals surface area contributed by atoms with E-state index in [4.69, 9.17) is 14.5 Å². The van der Waals surface area contributed by atoms with Gasteiger partial charge in [-0.3, -0.25) is 9.36 Å². The van der Waals surface area contributed by atoms with Crippen LogP contribution in [0.3, 0.4) is 0 Å². The quantitative estimate of drug-likeness (QED) is 0.333. The summed E-state index contributed by atoms with van der Waals surface area (Å²) in [6.07, 6.45) is 0. The fourth-order valence-electron chi connectivity index (χ4n) is 3.85. The second-order valence-electron chi connectivity index (χ2n) is 7.90. The Balaban J connectivity index is 1.69. The molecular weight excluding hydrogens is 426 g/mol. The minimum absolute atomic E-state index is 0.0774. The molecule has 1 aromatic heterocycles. The number of hydrogen-bond acceptors (Lipinski definition) is 6. The predicted octanol–water partition coefficient (Wildman–Crippen LogP) is 1.70. The maximum Gasteiger partial charge on any atom is 0.337 e. The van der Waals surface area contributed by atoms with Gasteiger partial charge in [0.2, 0.25) is 0 Å². The molecule has 3 aromatic rings. The van der Waals surface area contributed by atoms with Gasteiger partial charge in [0.05, 0.1) is 49.9 Å². The van der Waals surface area contributed by atoms with Crippen LogP contribution in [-0.2, 0) is 21.8 Å². The zero-order valence-corrected chi connectivity index (χ0v) is 19.2. The molecule has 0 amide bonds. The van der Waals surface area contributed by atoms with Crippen molar-refractivity contribution in [3.63, 3.8) is 0 Å². The van der Waals surface area contributed by atoms with Crippen LogP contribution in [0.25, 0.3) is 10.9 Å². The van der Waals surface area contributed by atoms with Crippen LogP contribution in [0.2, 0.25) is 0 Å². The van der Waals surface area contributed by atoms with Crippen LogP contribution in [0.4, 0.5) is 0 Å². The van der Waals surface area contributed by atoms with E-state index in [1.165, 1.54) is 23.1 Å². The number of hydrogen-bond donors (Lipinski definition) is 1.